The minimum Gasteiger partial charge on any atom is -0.377 e. The third kappa shape index (κ3) is 6.42. The maximum atomic E-state index is 5.96. The average Bonchev–Trinajstić information content (AvgIpc) is 2.50. The highest BCUT2D eigenvalue weighted by molar-refractivity contribution is 6.61. The molecule has 0 amide bonds. The molecule has 0 aliphatic heterocycles. The highest BCUT2D eigenvalue weighted by atomic mass is 28.4. The lowest BCUT2D eigenvalue weighted by atomic mass is 10.4. The van der Waals surface area contributed by atoms with Crippen molar-refractivity contribution in [1.29, 1.82) is 0 Å². The Hall–Kier alpha value is 0.154. The van der Waals surface area contributed by atoms with E-state index in [-0.39, 0.29) is 12.2 Å². The van der Waals surface area contributed by atoms with Gasteiger partial charge in [0.2, 0.25) is 0 Å². The summed E-state index contributed by atoms with van der Waals surface area (Å²) in [6.45, 7) is 3.93. The van der Waals surface area contributed by atoms with Crippen LogP contribution in [0.4, 0.5) is 0 Å². The van der Waals surface area contributed by atoms with E-state index in [2.05, 4.69) is 0 Å². The summed E-state index contributed by atoms with van der Waals surface area (Å²) in [6.07, 6.45) is -0.160. The molecule has 0 N–H and O–H groups in total. The third-order valence-electron chi connectivity index (χ3n) is 3.41. The van der Waals surface area contributed by atoms with Gasteiger partial charge in [0, 0.05) is 54.7 Å². The van der Waals surface area contributed by atoms with Gasteiger partial charge in [0.15, 0.2) is 0 Å². The Bertz CT molecular complexity index is 230. The summed E-state index contributed by atoms with van der Waals surface area (Å²) in [5, 5.41) is 0. The zero-order valence-corrected chi connectivity index (χ0v) is 16.4. The van der Waals surface area contributed by atoms with Crippen LogP contribution in [0.25, 0.3) is 0 Å². The van der Waals surface area contributed by atoms with Gasteiger partial charge in [-0.3, -0.25) is 0 Å². The van der Waals surface area contributed by atoms with E-state index < -0.39 is 17.6 Å². The molecule has 9 heteroatoms. The van der Waals surface area contributed by atoms with E-state index >= 15 is 0 Å². The van der Waals surface area contributed by atoms with E-state index in [0.717, 1.165) is 0 Å². The van der Waals surface area contributed by atoms with Gasteiger partial charge >= 0.3 is 17.6 Å². The van der Waals surface area contributed by atoms with E-state index in [9.17, 15) is 0 Å². The number of hydrogen-bond donors (Lipinski definition) is 0. The van der Waals surface area contributed by atoms with Gasteiger partial charge in [-0.2, -0.15) is 0 Å². The van der Waals surface area contributed by atoms with Crippen LogP contribution in [0.3, 0.4) is 0 Å². The van der Waals surface area contributed by atoms with Crippen LogP contribution in [0, 0.1) is 0 Å². The second kappa shape index (κ2) is 10.0. The van der Waals surface area contributed by atoms with Crippen LogP contribution in [0.5, 0.6) is 0 Å². The summed E-state index contributed by atoms with van der Waals surface area (Å²) in [5.74, 6) is 0. The molecule has 0 saturated carbocycles. The molecule has 21 heavy (non-hydrogen) atoms. The Balaban J connectivity index is 4.53. The van der Waals surface area contributed by atoms with Crippen molar-refractivity contribution < 1.29 is 31.3 Å². The van der Waals surface area contributed by atoms with Crippen molar-refractivity contribution in [3.8, 4) is 0 Å². The lowest BCUT2D eigenvalue weighted by Gasteiger charge is -2.31. The maximum absolute atomic E-state index is 5.96. The first-order valence-electron chi connectivity index (χ1n) is 6.82. The molecule has 0 aromatic rings. The van der Waals surface area contributed by atoms with E-state index in [1.807, 2.05) is 13.8 Å². The Morgan fingerprint density at radius 1 is 0.571 bits per heavy atom. The van der Waals surface area contributed by atoms with E-state index in [0.29, 0.717) is 12.1 Å². The van der Waals surface area contributed by atoms with Crippen LogP contribution >= 0.6 is 0 Å². The standard InChI is InChI=1S/C12H30O7Si2/c1-11(9-20(13-3,14-4)15-5)19-12(2)10-21(16-6,17-7)18-8/h11-12H,9-10H2,1-8H3. The van der Waals surface area contributed by atoms with Crippen molar-refractivity contribution >= 4 is 17.6 Å². The first kappa shape index (κ1) is 21.2. The Labute approximate surface area is 130 Å². The molecule has 0 aliphatic carbocycles. The Kier molecular flexibility index (Phi) is 10.1. The van der Waals surface area contributed by atoms with E-state index in [1.165, 1.54) is 0 Å². The van der Waals surface area contributed by atoms with Gasteiger partial charge in [0.25, 0.3) is 0 Å². The molecule has 0 rings (SSSR count). The zero-order chi connectivity index (χ0) is 16.5. The van der Waals surface area contributed by atoms with Crippen LogP contribution in [0.1, 0.15) is 13.8 Å². The SMILES string of the molecule is CO[Si](CC(C)OC(C)C[Si](OC)(OC)OC)(OC)OC. The molecule has 0 aromatic carbocycles. The van der Waals surface area contributed by atoms with Gasteiger partial charge in [-0.15, -0.1) is 0 Å². The van der Waals surface area contributed by atoms with Crippen molar-refractivity contribution in [2.75, 3.05) is 42.7 Å². The number of ether oxygens (including phenoxy) is 1. The van der Waals surface area contributed by atoms with Gasteiger partial charge in [0.1, 0.15) is 0 Å². The summed E-state index contributed by atoms with van der Waals surface area (Å²) >= 11 is 0. The van der Waals surface area contributed by atoms with E-state index in [1.54, 1.807) is 42.7 Å². The highest BCUT2D eigenvalue weighted by Crippen LogP contribution is 2.22. The van der Waals surface area contributed by atoms with Gasteiger partial charge in [-0.25, -0.2) is 0 Å². The summed E-state index contributed by atoms with van der Waals surface area (Å²) < 4.78 is 38.4. The summed E-state index contributed by atoms with van der Waals surface area (Å²) in [6, 6.07) is 1.14. The smallest absolute Gasteiger partial charge is 0.377 e. The third-order valence-corrected chi connectivity index (χ3v) is 9.29. The van der Waals surface area contributed by atoms with Crippen molar-refractivity contribution in [2.24, 2.45) is 0 Å². The van der Waals surface area contributed by atoms with E-state index in [4.69, 9.17) is 31.3 Å². The second-order valence-corrected chi connectivity index (χ2v) is 10.8. The highest BCUT2D eigenvalue weighted by Gasteiger charge is 2.42. The molecule has 0 fully saturated rings. The average molecular weight is 343 g/mol. The minimum atomic E-state index is -2.64. The lowest BCUT2D eigenvalue weighted by Crippen LogP contribution is -2.48. The van der Waals surface area contributed by atoms with Gasteiger partial charge in [0.05, 0.1) is 12.2 Å². The van der Waals surface area contributed by atoms with Crippen LogP contribution in [-0.2, 0) is 31.3 Å². The molecule has 128 valence electrons. The van der Waals surface area contributed by atoms with Crippen molar-refractivity contribution in [3.63, 3.8) is 0 Å². The Morgan fingerprint density at radius 3 is 1.00 bits per heavy atom. The first-order valence-corrected chi connectivity index (χ1v) is 10.7. The molecule has 0 heterocycles. The molecule has 7 nitrogen and oxygen atoms in total. The maximum Gasteiger partial charge on any atom is 0.502 e. The number of hydrogen-bond acceptors (Lipinski definition) is 7. The molecule has 2 unspecified atom stereocenters. The van der Waals surface area contributed by atoms with Crippen LogP contribution in [0.15, 0.2) is 0 Å². The fourth-order valence-electron chi connectivity index (χ4n) is 2.20. The fourth-order valence-corrected chi connectivity index (χ4v) is 5.80. The molecule has 0 aromatic heterocycles. The van der Waals surface area contributed by atoms with Gasteiger partial charge in [-0.05, 0) is 13.8 Å². The van der Waals surface area contributed by atoms with Crippen molar-refractivity contribution in [3.05, 3.63) is 0 Å². The predicted octanol–water partition coefficient (Wildman–Crippen LogP) is 1.54. The first-order chi connectivity index (χ1) is 9.86. The quantitative estimate of drug-likeness (QED) is 0.498. The molecule has 0 aliphatic rings. The zero-order valence-electron chi connectivity index (χ0n) is 14.4. The summed E-state index contributed by atoms with van der Waals surface area (Å²) in [4.78, 5) is 0. The van der Waals surface area contributed by atoms with Gasteiger partial charge < -0.3 is 31.3 Å². The molecule has 2 atom stereocenters. The monoisotopic (exact) mass is 342 g/mol. The molecular formula is C12H30O7Si2. The summed E-state index contributed by atoms with van der Waals surface area (Å²) in [5.41, 5.74) is 0. The lowest BCUT2D eigenvalue weighted by molar-refractivity contribution is 0.00287. The van der Waals surface area contributed by atoms with Crippen LogP contribution in [-0.4, -0.2) is 72.5 Å². The molecule has 0 bridgehead atoms. The Morgan fingerprint density at radius 2 is 0.810 bits per heavy atom. The number of rotatable bonds is 12. The fraction of sp³-hybridized carbons (Fsp3) is 1.00. The predicted molar refractivity (Wildman–Crippen MR) is 83.2 cm³/mol. The van der Waals surface area contributed by atoms with Crippen LogP contribution < -0.4 is 0 Å². The van der Waals surface area contributed by atoms with Crippen molar-refractivity contribution in [1.82, 2.24) is 0 Å². The molecule has 0 saturated heterocycles. The normalized spacial score (nSPS) is 16.0. The second-order valence-electron chi connectivity index (χ2n) is 4.76. The minimum absolute atomic E-state index is 0.0798. The molecular weight excluding hydrogens is 312 g/mol. The van der Waals surface area contributed by atoms with Crippen molar-refractivity contribution in [2.45, 2.75) is 38.1 Å². The van der Waals surface area contributed by atoms with Gasteiger partial charge in [-0.1, -0.05) is 0 Å². The largest absolute Gasteiger partial charge is 0.502 e. The molecule has 0 spiro atoms. The molecule has 0 radical (unpaired) electrons. The summed E-state index contributed by atoms with van der Waals surface area (Å²) in [7, 11) is 4.27. The topological polar surface area (TPSA) is 64.6 Å². The van der Waals surface area contributed by atoms with Crippen LogP contribution in [0.2, 0.25) is 12.1 Å².